The lowest BCUT2D eigenvalue weighted by atomic mass is 10.1. The highest BCUT2D eigenvalue weighted by molar-refractivity contribution is 5.99. The van der Waals surface area contributed by atoms with E-state index in [-0.39, 0.29) is 5.54 Å². The summed E-state index contributed by atoms with van der Waals surface area (Å²) in [6.45, 7) is 5.24. The predicted octanol–water partition coefficient (Wildman–Crippen LogP) is 1.20. The monoisotopic (exact) mass is 252 g/mol. The van der Waals surface area contributed by atoms with Crippen LogP contribution < -0.4 is 0 Å². The number of hydrogen-bond acceptors (Lipinski definition) is 5. The molecule has 98 valence electrons. The quantitative estimate of drug-likeness (QED) is 0.599. The van der Waals surface area contributed by atoms with Crippen LogP contribution in [0.15, 0.2) is 29.5 Å². The van der Waals surface area contributed by atoms with Crippen LogP contribution in [0.1, 0.15) is 19.4 Å². The largest absolute Gasteiger partial charge is 0.352 e. The van der Waals surface area contributed by atoms with Crippen molar-refractivity contribution in [2.75, 3.05) is 13.6 Å². The van der Waals surface area contributed by atoms with Crippen LogP contribution in [-0.2, 0) is 0 Å². The second-order valence-corrected chi connectivity index (χ2v) is 4.49. The average Bonchev–Trinajstić information content (AvgIpc) is 2.55. The molecular weight excluding hydrogens is 236 g/mol. The van der Waals surface area contributed by atoms with E-state index in [1.165, 1.54) is 0 Å². The molecule has 0 aliphatic carbocycles. The molecule has 18 heavy (non-hydrogen) atoms. The molecule has 2 rings (SSSR count). The number of aliphatic imine (C=N–C) groups is 1. The Bertz CT molecular complexity index is 441. The molecule has 0 bridgehead atoms. The van der Waals surface area contributed by atoms with Crippen molar-refractivity contribution in [2.45, 2.75) is 19.4 Å². The molecule has 0 amide bonds. The molecule has 1 aliphatic heterocycles. The number of hydrogen-bond donors (Lipinski definition) is 1. The Morgan fingerprint density at radius 3 is 2.56 bits per heavy atom. The van der Waals surface area contributed by atoms with Gasteiger partial charge in [0.2, 0.25) is 0 Å². The van der Waals surface area contributed by atoms with Gasteiger partial charge >= 0.3 is 0 Å². The summed E-state index contributed by atoms with van der Waals surface area (Å²) in [4.78, 5) is 19.2. The number of nitrogens with zero attached hydrogens (tertiary/aromatic N) is 4. The minimum Gasteiger partial charge on any atom is -0.352 e. The third kappa shape index (κ3) is 3.41. The summed E-state index contributed by atoms with van der Waals surface area (Å²) in [5, 5.41) is 13.6. The van der Waals surface area contributed by atoms with E-state index in [2.05, 4.69) is 35.8 Å². The average molecular weight is 252 g/mol. The van der Waals surface area contributed by atoms with E-state index in [1.807, 2.05) is 18.3 Å². The topological polar surface area (TPSA) is 91.9 Å². The van der Waals surface area contributed by atoms with Crippen LogP contribution in [0.25, 0.3) is 0 Å². The Balaban J connectivity index is 0.000000357. The second-order valence-electron chi connectivity index (χ2n) is 4.49. The molecule has 0 aromatic carbocycles. The van der Waals surface area contributed by atoms with E-state index in [0.717, 1.165) is 17.9 Å². The number of aromatic nitrogens is 1. The Morgan fingerprint density at radius 2 is 2.17 bits per heavy atom. The highest BCUT2D eigenvalue weighted by atomic mass is 16.9. The van der Waals surface area contributed by atoms with Crippen molar-refractivity contribution in [1.29, 1.82) is 0 Å². The van der Waals surface area contributed by atoms with Gasteiger partial charge in [-0.1, -0.05) is 0 Å². The summed E-state index contributed by atoms with van der Waals surface area (Å²) in [6.07, 6.45) is 3.64. The lowest BCUT2D eigenvalue weighted by molar-refractivity contribution is -0.742. The Morgan fingerprint density at radius 1 is 1.56 bits per heavy atom. The van der Waals surface area contributed by atoms with Gasteiger partial charge in [-0.05, 0) is 26.0 Å². The lowest BCUT2D eigenvalue weighted by Gasteiger charge is -2.30. The van der Waals surface area contributed by atoms with E-state index in [0.29, 0.717) is 0 Å². The molecule has 7 nitrogen and oxygen atoms in total. The summed E-state index contributed by atoms with van der Waals surface area (Å²) in [7, 11) is 2.08. The standard InChI is InChI=1S/C11H15N3.HNO3/c1-11(2)8-13-10(14(11)3)9-5-4-6-12-7-9;2-1(3)4/h4-7H,8H2,1-3H3;(H,2,3,4). The van der Waals surface area contributed by atoms with E-state index in [4.69, 9.17) is 15.3 Å². The Labute approximate surface area is 105 Å². The summed E-state index contributed by atoms with van der Waals surface area (Å²) in [6, 6.07) is 3.99. The zero-order chi connectivity index (χ0) is 13.8. The first kappa shape index (κ1) is 13.9. The van der Waals surface area contributed by atoms with Crippen molar-refractivity contribution in [2.24, 2.45) is 4.99 Å². The summed E-state index contributed by atoms with van der Waals surface area (Å²) < 4.78 is 0. The minimum absolute atomic E-state index is 0.130. The van der Waals surface area contributed by atoms with E-state index < -0.39 is 5.09 Å². The van der Waals surface area contributed by atoms with Crippen molar-refractivity contribution < 1.29 is 10.3 Å². The van der Waals surface area contributed by atoms with E-state index >= 15 is 0 Å². The summed E-state index contributed by atoms with van der Waals surface area (Å²) >= 11 is 0. The molecule has 1 aromatic rings. The van der Waals surface area contributed by atoms with Gasteiger partial charge in [-0.15, -0.1) is 10.1 Å². The van der Waals surface area contributed by atoms with Gasteiger partial charge in [0.1, 0.15) is 5.84 Å². The van der Waals surface area contributed by atoms with Crippen LogP contribution in [0.2, 0.25) is 0 Å². The predicted molar refractivity (Wildman–Crippen MR) is 66.3 cm³/mol. The molecule has 2 heterocycles. The molecular formula is C11H16N4O3. The van der Waals surface area contributed by atoms with Gasteiger partial charge in [-0.2, -0.15) is 0 Å². The summed E-state index contributed by atoms with van der Waals surface area (Å²) in [5.74, 6) is 1.04. The van der Waals surface area contributed by atoms with Gasteiger partial charge in [0.25, 0.3) is 5.09 Å². The van der Waals surface area contributed by atoms with Crippen molar-refractivity contribution >= 4 is 5.84 Å². The molecule has 0 saturated carbocycles. The highest BCUT2D eigenvalue weighted by Crippen LogP contribution is 2.22. The Hall–Kier alpha value is -2.18. The van der Waals surface area contributed by atoms with Gasteiger partial charge in [0.05, 0.1) is 12.1 Å². The van der Waals surface area contributed by atoms with Crippen LogP contribution in [-0.4, -0.2) is 45.1 Å². The molecule has 1 N–H and O–H groups in total. The first-order valence-electron chi connectivity index (χ1n) is 5.36. The number of amidine groups is 1. The van der Waals surface area contributed by atoms with Crippen LogP contribution in [0, 0.1) is 10.1 Å². The van der Waals surface area contributed by atoms with Crippen LogP contribution >= 0.6 is 0 Å². The fourth-order valence-electron chi connectivity index (χ4n) is 1.55. The molecule has 1 aliphatic rings. The van der Waals surface area contributed by atoms with Gasteiger partial charge in [0, 0.05) is 25.0 Å². The minimum atomic E-state index is -1.50. The fourth-order valence-corrected chi connectivity index (χ4v) is 1.55. The van der Waals surface area contributed by atoms with E-state index in [9.17, 15) is 0 Å². The number of likely N-dealkylation sites (N-methyl/N-ethyl adjacent to an activating group) is 1. The maximum Gasteiger partial charge on any atom is 0.291 e. The van der Waals surface area contributed by atoms with Crippen molar-refractivity contribution in [1.82, 2.24) is 9.88 Å². The van der Waals surface area contributed by atoms with Crippen LogP contribution in [0.4, 0.5) is 0 Å². The van der Waals surface area contributed by atoms with Crippen LogP contribution in [0.3, 0.4) is 0 Å². The first-order chi connectivity index (χ1) is 8.34. The molecule has 0 unspecified atom stereocenters. The SMILES string of the molecule is CN1C(c2cccnc2)=NCC1(C)C.O=[N+]([O-])O. The van der Waals surface area contributed by atoms with Crippen LogP contribution in [0.5, 0.6) is 0 Å². The van der Waals surface area contributed by atoms with Gasteiger partial charge in [-0.25, -0.2) is 0 Å². The third-order valence-electron chi connectivity index (χ3n) is 2.76. The highest BCUT2D eigenvalue weighted by Gasteiger charge is 2.31. The second kappa shape index (κ2) is 5.44. The van der Waals surface area contributed by atoms with Crippen molar-refractivity contribution in [3.63, 3.8) is 0 Å². The molecule has 1 aromatic heterocycles. The molecule has 0 fully saturated rings. The molecule has 0 saturated heterocycles. The number of pyridine rings is 1. The van der Waals surface area contributed by atoms with Crippen molar-refractivity contribution in [3.8, 4) is 0 Å². The fraction of sp³-hybridized carbons (Fsp3) is 0.455. The van der Waals surface area contributed by atoms with Gasteiger partial charge in [0.15, 0.2) is 0 Å². The Kier molecular flexibility index (Phi) is 4.19. The molecule has 0 radical (unpaired) electrons. The lowest BCUT2D eigenvalue weighted by Crippen LogP contribution is -2.41. The maximum absolute atomic E-state index is 8.36. The molecule has 0 atom stereocenters. The van der Waals surface area contributed by atoms with Gasteiger partial charge < -0.3 is 10.1 Å². The number of rotatable bonds is 1. The maximum atomic E-state index is 8.36. The van der Waals surface area contributed by atoms with E-state index in [1.54, 1.807) is 6.20 Å². The van der Waals surface area contributed by atoms with Gasteiger partial charge in [-0.3, -0.25) is 9.98 Å². The normalized spacial score (nSPS) is 16.6. The zero-order valence-electron chi connectivity index (χ0n) is 10.6. The van der Waals surface area contributed by atoms with Crippen molar-refractivity contribution in [3.05, 3.63) is 40.2 Å². The first-order valence-corrected chi connectivity index (χ1v) is 5.36. The molecule has 0 spiro atoms. The summed E-state index contributed by atoms with van der Waals surface area (Å²) in [5.41, 5.74) is 1.23. The zero-order valence-corrected chi connectivity index (χ0v) is 10.6. The molecule has 7 heteroatoms. The third-order valence-corrected chi connectivity index (χ3v) is 2.76. The smallest absolute Gasteiger partial charge is 0.291 e.